The van der Waals surface area contributed by atoms with Gasteiger partial charge in [0.05, 0.1) is 6.61 Å². The maximum Gasteiger partial charge on any atom is 0.0687 e. The van der Waals surface area contributed by atoms with Crippen LogP contribution in [-0.2, 0) is 6.61 Å². The van der Waals surface area contributed by atoms with E-state index in [1.165, 1.54) is 5.39 Å². The van der Waals surface area contributed by atoms with E-state index < -0.39 is 0 Å². The topological polar surface area (TPSA) is 40.5 Å². The third kappa shape index (κ3) is 3.05. The molecule has 15 heavy (non-hydrogen) atoms. The molecule has 0 amide bonds. The lowest BCUT2D eigenvalue weighted by Gasteiger charge is -2.01. The zero-order valence-corrected chi connectivity index (χ0v) is 8.85. The van der Waals surface area contributed by atoms with Gasteiger partial charge < -0.3 is 10.2 Å². The van der Waals surface area contributed by atoms with Gasteiger partial charge in [-0.1, -0.05) is 42.5 Å². The van der Waals surface area contributed by atoms with Gasteiger partial charge in [0.15, 0.2) is 0 Å². The van der Waals surface area contributed by atoms with Gasteiger partial charge in [0, 0.05) is 6.61 Å². The van der Waals surface area contributed by atoms with Crippen molar-refractivity contribution in [2.45, 2.75) is 13.5 Å². The molecule has 2 aromatic carbocycles. The van der Waals surface area contributed by atoms with E-state index in [1.807, 2.05) is 30.3 Å². The van der Waals surface area contributed by atoms with Gasteiger partial charge in [0.2, 0.25) is 0 Å². The van der Waals surface area contributed by atoms with Crippen molar-refractivity contribution in [2.75, 3.05) is 6.61 Å². The van der Waals surface area contributed by atoms with Gasteiger partial charge in [-0.3, -0.25) is 0 Å². The summed E-state index contributed by atoms with van der Waals surface area (Å²) in [5.41, 5.74) is 0.994. The first-order valence-corrected chi connectivity index (χ1v) is 5.01. The number of hydrogen-bond donors (Lipinski definition) is 2. The molecule has 0 saturated carbocycles. The van der Waals surface area contributed by atoms with Gasteiger partial charge in [-0.2, -0.15) is 0 Å². The number of aliphatic hydroxyl groups is 2. The summed E-state index contributed by atoms with van der Waals surface area (Å²) < 4.78 is 0. The molecule has 0 atom stereocenters. The summed E-state index contributed by atoms with van der Waals surface area (Å²) in [6, 6.07) is 14.0. The predicted octanol–water partition coefficient (Wildman–Crippen LogP) is 2.33. The fourth-order valence-electron chi connectivity index (χ4n) is 1.43. The van der Waals surface area contributed by atoms with E-state index in [9.17, 15) is 0 Å². The van der Waals surface area contributed by atoms with Crippen molar-refractivity contribution in [3.8, 4) is 0 Å². The summed E-state index contributed by atoms with van der Waals surface area (Å²) in [5.74, 6) is 0. The van der Waals surface area contributed by atoms with Crippen molar-refractivity contribution in [3.63, 3.8) is 0 Å². The van der Waals surface area contributed by atoms with Crippen LogP contribution in [0.4, 0.5) is 0 Å². The molecule has 2 heteroatoms. The summed E-state index contributed by atoms with van der Waals surface area (Å²) in [4.78, 5) is 0. The fourth-order valence-corrected chi connectivity index (χ4v) is 1.43. The lowest BCUT2D eigenvalue weighted by Crippen LogP contribution is -1.84. The van der Waals surface area contributed by atoms with Crippen LogP contribution in [0, 0.1) is 0 Å². The molecule has 0 bridgehead atoms. The van der Waals surface area contributed by atoms with Gasteiger partial charge in [0.25, 0.3) is 0 Å². The molecule has 2 rings (SSSR count). The summed E-state index contributed by atoms with van der Waals surface area (Å²) in [6.07, 6.45) is 0. The minimum absolute atomic E-state index is 0.112. The number of hydrogen-bond acceptors (Lipinski definition) is 2. The number of aliphatic hydroxyl groups excluding tert-OH is 2. The molecule has 0 unspecified atom stereocenters. The van der Waals surface area contributed by atoms with Crippen LogP contribution >= 0.6 is 0 Å². The molecule has 2 aromatic rings. The van der Waals surface area contributed by atoms with Crippen molar-refractivity contribution < 1.29 is 10.2 Å². The summed E-state index contributed by atoms with van der Waals surface area (Å²) in [7, 11) is 0. The van der Waals surface area contributed by atoms with Crippen LogP contribution in [0.5, 0.6) is 0 Å². The fraction of sp³-hybridized carbons (Fsp3) is 0.231. The average Bonchev–Trinajstić information content (AvgIpc) is 2.29. The SMILES string of the molecule is CCO.OCc1cccc2ccccc12. The van der Waals surface area contributed by atoms with E-state index in [4.69, 9.17) is 10.2 Å². The Balaban J connectivity index is 0.000000337. The van der Waals surface area contributed by atoms with E-state index in [1.54, 1.807) is 6.92 Å². The molecule has 2 N–H and O–H groups in total. The van der Waals surface area contributed by atoms with Crippen LogP contribution in [0.2, 0.25) is 0 Å². The predicted molar refractivity (Wildman–Crippen MR) is 62.6 cm³/mol. The largest absolute Gasteiger partial charge is 0.397 e. The van der Waals surface area contributed by atoms with Gasteiger partial charge in [0.1, 0.15) is 0 Å². The lowest BCUT2D eigenvalue weighted by molar-refractivity contribution is 0.283. The molecule has 0 saturated heterocycles. The Morgan fingerprint density at radius 2 is 1.53 bits per heavy atom. The Morgan fingerprint density at radius 3 is 2.20 bits per heavy atom. The highest BCUT2D eigenvalue weighted by atomic mass is 16.3. The molecule has 0 aliphatic rings. The minimum Gasteiger partial charge on any atom is -0.397 e. The van der Waals surface area contributed by atoms with Gasteiger partial charge in [-0.05, 0) is 23.3 Å². The lowest BCUT2D eigenvalue weighted by atomic mass is 10.1. The second kappa shape index (κ2) is 6.17. The molecule has 2 nitrogen and oxygen atoms in total. The normalized spacial score (nSPS) is 9.53. The first-order chi connectivity index (χ1) is 7.33. The Morgan fingerprint density at radius 1 is 0.933 bits per heavy atom. The van der Waals surface area contributed by atoms with Crippen LogP contribution in [0.15, 0.2) is 42.5 Å². The van der Waals surface area contributed by atoms with E-state index in [2.05, 4.69) is 12.1 Å². The first-order valence-electron chi connectivity index (χ1n) is 5.01. The molecule has 0 heterocycles. The Kier molecular flexibility index (Phi) is 4.81. The molecular weight excluding hydrogens is 188 g/mol. The van der Waals surface area contributed by atoms with E-state index in [0.29, 0.717) is 0 Å². The minimum atomic E-state index is 0.112. The van der Waals surface area contributed by atoms with Crippen LogP contribution in [-0.4, -0.2) is 16.8 Å². The third-order valence-corrected chi connectivity index (χ3v) is 2.05. The molecule has 0 aliphatic heterocycles. The van der Waals surface area contributed by atoms with Crippen molar-refractivity contribution in [1.29, 1.82) is 0 Å². The summed E-state index contributed by atoms with van der Waals surface area (Å²) >= 11 is 0. The standard InChI is InChI=1S/C11H10O.C2H6O/c12-8-10-6-3-5-9-4-1-2-7-11(9)10;1-2-3/h1-7,12H,8H2;3H,2H2,1H3. The smallest absolute Gasteiger partial charge is 0.0687 e. The molecule has 0 radical (unpaired) electrons. The molecule has 0 aliphatic carbocycles. The first kappa shape index (κ1) is 11.7. The maximum absolute atomic E-state index is 9.04. The molecule has 0 spiro atoms. The quantitative estimate of drug-likeness (QED) is 0.748. The third-order valence-electron chi connectivity index (χ3n) is 2.05. The second-order valence-electron chi connectivity index (χ2n) is 3.11. The van der Waals surface area contributed by atoms with Crippen LogP contribution in [0.25, 0.3) is 10.8 Å². The Hall–Kier alpha value is -1.38. The molecule has 0 aromatic heterocycles. The highest BCUT2D eigenvalue weighted by Gasteiger charge is 1.96. The van der Waals surface area contributed by atoms with Crippen molar-refractivity contribution in [2.24, 2.45) is 0 Å². The highest BCUT2D eigenvalue weighted by Crippen LogP contribution is 2.17. The zero-order chi connectivity index (χ0) is 11.1. The van der Waals surface area contributed by atoms with Gasteiger partial charge in [-0.25, -0.2) is 0 Å². The second-order valence-corrected chi connectivity index (χ2v) is 3.11. The van der Waals surface area contributed by atoms with Gasteiger partial charge in [-0.15, -0.1) is 0 Å². The summed E-state index contributed by atoms with van der Waals surface area (Å²) in [6.45, 7) is 2.04. The Bertz CT molecular complexity index is 405. The van der Waals surface area contributed by atoms with E-state index in [-0.39, 0.29) is 13.2 Å². The zero-order valence-electron chi connectivity index (χ0n) is 8.85. The van der Waals surface area contributed by atoms with Crippen LogP contribution in [0.1, 0.15) is 12.5 Å². The number of fused-ring (bicyclic) bond motifs is 1. The molecular formula is C13H16O2. The van der Waals surface area contributed by atoms with Crippen molar-refractivity contribution in [1.82, 2.24) is 0 Å². The van der Waals surface area contributed by atoms with Crippen LogP contribution < -0.4 is 0 Å². The van der Waals surface area contributed by atoms with Crippen LogP contribution in [0.3, 0.4) is 0 Å². The average molecular weight is 204 g/mol. The highest BCUT2D eigenvalue weighted by molar-refractivity contribution is 5.85. The van der Waals surface area contributed by atoms with Crippen molar-refractivity contribution in [3.05, 3.63) is 48.0 Å². The maximum atomic E-state index is 9.04. The van der Waals surface area contributed by atoms with Crippen molar-refractivity contribution >= 4 is 10.8 Å². The van der Waals surface area contributed by atoms with E-state index >= 15 is 0 Å². The monoisotopic (exact) mass is 204 g/mol. The van der Waals surface area contributed by atoms with Gasteiger partial charge >= 0.3 is 0 Å². The molecule has 0 fully saturated rings. The Labute approximate surface area is 89.8 Å². The number of rotatable bonds is 1. The van der Waals surface area contributed by atoms with E-state index in [0.717, 1.165) is 10.9 Å². The summed E-state index contributed by atoms with van der Waals surface area (Å²) in [5, 5.41) is 18.9. The number of benzene rings is 2. The molecule has 80 valence electrons.